The van der Waals surface area contributed by atoms with Crippen molar-refractivity contribution in [2.24, 2.45) is 23.7 Å². The molecule has 0 aliphatic heterocycles. The summed E-state index contributed by atoms with van der Waals surface area (Å²) in [7, 11) is 0. The zero-order valence-corrected chi connectivity index (χ0v) is 18.5. The molecule has 0 radical (unpaired) electrons. The highest BCUT2D eigenvalue weighted by atomic mass is 16.4. The highest BCUT2D eigenvalue weighted by Crippen LogP contribution is 2.54. The summed E-state index contributed by atoms with van der Waals surface area (Å²) in [4.78, 5) is 34.3. The van der Waals surface area contributed by atoms with Gasteiger partial charge in [-0.05, 0) is 75.0 Å². The van der Waals surface area contributed by atoms with Crippen LogP contribution < -0.4 is 10.6 Å². The Bertz CT molecular complexity index is 590. The van der Waals surface area contributed by atoms with Crippen LogP contribution in [0.2, 0.25) is 0 Å². The summed E-state index contributed by atoms with van der Waals surface area (Å²) in [5.74, 6) is 2.08. The number of fused-ring (bicyclic) bond motifs is 2. The third kappa shape index (κ3) is 8.49. The van der Waals surface area contributed by atoms with Crippen LogP contribution in [-0.4, -0.2) is 36.0 Å². The zero-order chi connectivity index (χ0) is 21.8. The summed E-state index contributed by atoms with van der Waals surface area (Å²) in [6, 6.07) is 0. The zero-order valence-electron chi connectivity index (χ0n) is 18.5. The number of carbonyl (C=O) groups is 3. The van der Waals surface area contributed by atoms with Crippen LogP contribution in [0.5, 0.6) is 0 Å². The molecule has 4 atom stereocenters. The third-order valence-electron chi connectivity index (χ3n) is 6.86. The predicted molar refractivity (Wildman–Crippen MR) is 118 cm³/mol. The van der Waals surface area contributed by atoms with Crippen molar-refractivity contribution in [3.63, 3.8) is 0 Å². The van der Waals surface area contributed by atoms with E-state index in [1.165, 1.54) is 19.3 Å². The summed E-state index contributed by atoms with van der Waals surface area (Å²) in [5, 5.41) is 14.4. The first-order valence-electron chi connectivity index (χ1n) is 11.9. The minimum absolute atomic E-state index is 0.0399. The van der Waals surface area contributed by atoms with Gasteiger partial charge in [0.05, 0.1) is 6.54 Å². The second-order valence-electron chi connectivity index (χ2n) is 9.03. The molecule has 0 saturated heterocycles. The van der Waals surface area contributed by atoms with Crippen molar-refractivity contribution >= 4 is 17.8 Å². The largest absolute Gasteiger partial charge is 0.481 e. The first-order valence-corrected chi connectivity index (χ1v) is 11.9. The van der Waals surface area contributed by atoms with Crippen LogP contribution in [0.3, 0.4) is 0 Å². The first kappa shape index (κ1) is 24.4. The van der Waals surface area contributed by atoms with Gasteiger partial charge in [0.25, 0.3) is 0 Å². The summed E-state index contributed by atoms with van der Waals surface area (Å²) in [6.07, 6.45) is 15.7. The van der Waals surface area contributed by atoms with Gasteiger partial charge in [0.15, 0.2) is 0 Å². The molecule has 2 aliphatic rings. The Hall–Kier alpha value is -1.85. The van der Waals surface area contributed by atoms with E-state index in [0.29, 0.717) is 31.2 Å². The third-order valence-corrected chi connectivity index (χ3v) is 6.86. The topological polar surface area (TPSA) is 95.5 Å². The summed E-state index contributed by atoms with van der Waals surface area (Å²) >= 11 is 0. The molecule has 2 fully saturated rings. The van der Waals surface area contributed by atoms with Crippen LogP contribution in [0.1, 0.15) is 84.0 Å². The average Bonchev–Trinajstić information content (AvgIpc) is 3.31. The monoisotopic (exact) mass is 420 g/mol. The maximum absolute atomic E-state index is 12.0. The van der Waals surface area contributed by atoms with Gasteiger partial charge < -0.3 is 15.7 Å². The van der Waals surface area contributed by atoms with Crippen LogP contribution in [0.15, 0.2) is 12.2 Å². The maximum Gasteiger partial charge on any atom is 0.303 e. The number of allylic oxidation sites excluding steroid dienone is 2. The first-order chi connectivity index (χ1) is 14.5. The molecule has 0 aromatic heterocycles. The fourth-order valence-corrected chi connectivity index (χ4v) is 5.33. The van der Waals surface area contributed by atoms with Gasteiger partial charge in [0.2, 0.25) is 11.8 Å². The van der Waals surface area contributed by atoms with Crippen molar-refractivity contribution in [3.05, 3.63) is 12.2 Å². The van der Waals surface area contributed by atoms with E-state index < -0.39 is 5.97 Å². The standard InChI is InChI=1S/C24H40N2O4/c1-2-3-6-10-22(27)26-17-23(28)25-15-14-21-19-13-12-18(16-19)20(21)9-7-4-5-8-11-24(29)30/h4,7,18-21H,2-3,5-6,8-17H2,1H3,(H,25,28)(H,26,27)(H,29,30)/b7-4-/t18-,19+,20-,21+/m0/s1. The molecule has 2 saturated carbocycles. The molecule has 0 spiro atoms. The number of carbonyl (C=O) groups excluding carboxylic acids is 2. The molecule has 2 aliphatic carbocycles. The molecular weight excluding hydrogens is 380 g/mol. The normalized spacial score (nSPS) is 25.0. The quantitative estimate of drug-likeness (QED) is 0.275. The predicted octanol–water partition coefficient (Wildman–Crippen LogP) is 4.05. The fourth-order valence-electron chi connectivity index (χ4n) is 5.33. The van der Waals surface area contributed by atoms with Gasteiger partial charge >= 0.3 is 5.97 Å². The molecule has 0 aromatic rings. The highest BCUT2D eigenvalue weighted by Gasteiger charge is 2.46. The second-order valence-corrected chi connectivity index (χ2v) is 9.03. The number of hydrogen-bond acceptors (Lipinski definition) is 3. The lowest BCUT2D eigenvalue weighted by Gasteiger charge is -2.30. The Morgan fingerprint density at radius 1 is 0.933 bits per heavy atom. The molecule has 2 bridgehead atoms. The van der Waals surface area contributed by atoms with Gasteiger partial charge in [-0.25, -0.2) is 0 Å². The number of hydrogen-bond donors (Lipinski definition) is 3. The molecule has 6 heteroatoms. The van der Waals surface area contributed by atoms with E-state index in [0.717, 1.165) is 50.4 Å². The Morgan fingerprint density at radius 3 is 2.43 bits per heavy atom. The minimum Gasteiger partial charge on any atom is -0.481 e. The lowest BCUT2D eigenvalue weighted by atomic mass is 9.76. The van der Waals surface area contributed by atoms with Crippen LogP contribution in [0.25, 0.3) is 0 Å². The SMILES string of the molecule is CCCCCC(=O)NCC(=O)NCC[C@@H]1[C@@H]2CC[C@@H](C2)[C@@H]1C/C=C\CCCC(=O)O. The molecular formula is C24H40N2O4. The molecule has 0 heterocycles. The van der Waals surface area contributed by atoms with Gasteiger partial charge in [0, 0.05) is 19.4 Å². The second kappa shape index (κ2) is 13.5. The van der Waals surface area contributed by atoms with Crippen molar-refractivity contribution in [1.29, 1.82) is 0 Å². The molecule has 30 heavy (non-hydrogen) atoms. The number of amides is 2. The van der Waals surface area contributed by atoms with Crippen molar-refractivity contribution in [2.75, 3.05) is 13.1 Å². The summed E-state index contributed by atoms with van der Waals surface area (Å²) < 4.78 is 0. The van der Waals surface area contributed by atoms with Crippen molar-refractivity contribution < 1.29 is 19.5 Å². The molecule has 3 N–H and O–H groups in total. The van der Waals surface area contributed by atoms with E-state index in [9.17, 15) is 14.4 Å². The van der Waals surface area contributed by atoms with Gasteiger partial charge in [-0.2, -0.15) is 0 Å². The average molecular weight is 421 g/mol. The van der Waals surface area contributed by atoms with Gasteiger partial charge in [-0.15, -0.1) is 0 Å². The fraction of sp³-hybridized carbons (Fsp3) is 0.792. The highest BCUT2D eigenvalue weighted by molar-refractivity contribution is 5.84. The minimum atomic E-state index is -0.727. The number of nitrogens with one attached hydrogen (secondary N) is 2. The van der Waals surface area contributed by atoms with Crippen LogP contribution in [-0.2, 0) is 14.4 Å². The van der Waals surface area contributed by atoms with E-state index >= 15 is 0 Å². The van der Waals surface area contributed by atoms with Gasteiger partial charge in [0.1, 0.15) is 0 Å². The van der Waals surface area contributed by atoms with E-state index in [1.54, 1.807) is 0 Å². The van der Waals surface area contributed by atoms with E-state index in [4.69, 9.17) is 5.11 Å². The van der Waals surface area contributed by atoms with Crippen molar-refractivity contribution in [1.82, 2.24) is 10.6 Å². The summed E-state index contributed by atoms with van der Waals surface area (Å²) in [6.45, 7) is 2.85. The Morgan fingerprint density at radius 2 is 1.70 bits per heavy atom. The number of rotatable bonds is 15. The Labute approximate surface area is 181 Å². The number of carboxylic acids is 1. The molecule has 6 nitrogen and oxygen atoms in total. The summed E-state index contributed by atoms with van der Waals surface area (Å²) in [5.41, 5.74) is 0. The maximum atomic E-state index is 12.0. The molecule has 0 unspecified atom stereocenters. The van der Waals surface area contributed by atoms with Crippen molar-refractivity contribution in [3.8, 4) is 0 Å². The van der Waals surface area contributed by atoms with E-state index in [1.807, 2.05) is 0 Å². The van der Waals surface area contributed by atoms with Crippen LogP contribution >= 0.6 is 0 Å². The van der Waals surface area contributed by atoms with Gasteiger partial charge in [-0.3, -0.25) is 14.4 Å². The Kier molecular flexibility index (Phi) is 11.0. The van der Waals surface area contributed by atoms with E-state index in [2.05, 4.69) is 29.7 Å². The van der Waals surface area contributed by atoms with E-state index in [-0.39, 0.29) is 24.8 Å². The Balaban J connectivity index is 1.64. The van der Waals surface area contributed by atoms with Crippen LogP contribution in [0.4, 0.5) is 0 Å². The number of carboxylic acid groups (broad SMARTS) is 1. The molecule has 0 aromatic carbocycles. The molecule has 170 valence electrons. The number of unbranched alkanes of at least 4 members (excludes halogenated alkanes) is 3. The van der Waals surface area contributed by atoms with Crippen molar-refractivity contribution in [2.45, 2.75) is 84.0 Å². The lowest BCUT2D eigenvalue weighted by Crippen LogP contribution is -2.38. The molecule has 2 amide bonds. The smallest absolute Gasteiger partial charge is 0.303 e. The lowest BCUT2D eigenvalue weighted by molar-refractivity contribution is -0.137. The molecule has 2 rings (SSSR count). The van der Waals surface area contributed by atoms with Gasteiger partial charge in [-0.1, -0.05) is 31.9 Å². The number of aliphatic carboxylic acids is 1. The van der Waals surface area contributed by atoms with Crippen LogP contribution in [0, 0.1) is 23.7 Å².